The Morgan fingerprint density at radius 3 is 2.79 bits per heavy atom. The molecule has 0 aliphatic heterocycles. The Kier molecular flexibility index (Phi) is 5.43. The van der Waals surface area contributed by atoms with Gasteiger partial charge in [-0.2, -0.15) is 0 Å². The Bertz CT molecular complexity index is 903. The molecule has 1 aromatic heterocycles. The molecule has 1 heterocycles. The summed E-state index contributed by atoms with van der Waals surface area (Å²) >= 11 is 3.26. The molecule has 7 heteroatoms. The van der Waals surface area contributed by atoms with E-state index in [1.807, 2.05) is 49.4 Å². The summed E-state index contributed by atoms with van der Waals surface area (Å²) in [7, 11) is -3.31. The van der Waals surface area contributed by atoms with Crippen molar-refractivity contribution >= 4 is 49.0 Å². The third-order valence-corrected chi connectivity index (χ3v) is 6.99. The molecule has 3 rings (SSSR count). The quantitative estimate of drug-likeness (QED) is 0.485. The fourth-order valence-electron chi connectivity index (χ4n) is 2.26. The maximum atomic E-state index is 12.1. The van der Waals surface area contributed by atoms with E-state index in [0.29, 0.717) is 12.1 Å². The van der Waals surface area contributed by atoms with Crippen LogP contribution < -0.4 is 4.72 Å². The van der Waals surface area contributed by atoms with Gasteiger partial charge in [0.15, 0.2) is 4.34 Å². The fraction of sp³-hybridized carbons (Fsp3) is 0.235. The van der Waals surface area contributed by atoms with Crippen LogP contribution in [0.15, 0.2) is 52.9 Å². The Morgan fingerprint density at radius 1 is 1.17 bits per heavy atom. The van der Waals surface area contributed by atoms with E-state index < -0.39 is 10.0 Å². The molecule has 2 aromatic carbocycles. The maximum absolute atomic E-state index is 12.1. The molecule has 0 atom stereocenters. The Balaban J connectivity index is 1.50. The van der Waals surface area contributed by atoms with Gasteiger partial charge in [-0.05, 0) is 43.2 Å². The Morgan fingerprint density at radius 2 is 2.00 bits per heavy atom. The topological polar surface area (TPSA) is 59.1 Å². The SMILES string of the molecule is Cc1cccc(NS(=O)(=O)CCCSc2nc3ccccc3s2)c1. The van der Waals surface area contributed by atoms with Crippen molar-refractivity contribution in [3.8, 4) is 0 Å². The van der Waals surface area contributed by atoms with Crippen LogP contribution in [0.1, 0.15) is 12.0 Å². The minimum absolute atomic E-state index is 0.110. The van der Waals surface area contributed by atoms with E-state index in [1.165, 1.54) is 0 Å². The lowest BCUT2D eigenvalue weighted by Gasteiger charge is -2.08. The van der Waals surface area contributed by atoms with Crippen molar-refractivity contribution in [1.29, 1.82) is 0 Å². The first-order chi connectivity index (χ1) is 11.5. The van der Waals surface area contributed by atoms with Crippen LogP contribution >= 0.6 is 23.1 Å². The van der Waals surface area contributed by atoms with Crippen LogP contribution in [0.3, 0.4) is 0 Å². The first-order valence-electron chi connectivity index (χ1n) is 7.57. The smallest absolute Gasteiger partial charge is 0.232 e. The molecular weight excluding hydrogens is 360 g/mol. The molecule has 0 bridgehead atoms. The van der Waals surface area contributed by atoms with Gasteiger partial charge in [0.2, 0.25) is 10.0 Å². The molecule has 0 radical (unpaired) electrons. The van der Waals surface area contributed by atoms with E-state index in [2.05, 4.69) is 9.71 Å². The van der Waals surface area contributed by atoms with Gasteiger partial charge in [-0.15, -0.1) is 11.3 Å². The van der Waals surface area contributed by atoms with Crippen molar-refractivity contribution in [1.82, 2.24) is 4.98 Å². The van der Waals surface area contributed by atoms with Gasteiger partial charge in [0.05, 0.1) is 16.0 Å². The van der Waals surface area contributed by atoms with Crippen LogP contribution in [0.4, 0.5) is 5.69 Å². The summed E-state index contributed by atoms with van der Waals surface area (Å²) in [6.07, 6.45) is 0.585. The first kappa shape index (κ1) is 17.3. The number of nitrogens with zero attached hydrogens (tertiary/aromatic N) is 1. The van der Waals surface area contributed by atoms with Crippen LogP contribution in [0.5, 0.6) is 0 Å². The molecule has 0 saturated carbocycles. The zero-order valence-corrected chi connectivity index (χ0v) is 15.7. The second kappa shape index (κ2) is 7.55. The summed E-state index contributed by atoms with van der Waals surface area (Å²) < 4.78 is 29.0. The third kappa shape index (κ3) is 4.72. The molecule has 3 aromatic rings. The van der Waals surface area contributed by atoms with E-state index in [9.17, 15) is 8.42 Å². The molecule has 126 valence electrons. The maximum Gasteiger partial charge on any atom is 0.232 e. The van der Waals surface area contributed by atoms with Crippen LogP contribution in [0, 0.1) is 6.92 Å². The lowest BCUT2D eigenvalue weighted by atomic mass is 10.2. The summed E-state index contributed by atoms with van der Waals surface area (Å²) in [5.74, 6) is 0.841. The van der Waals surface area contributed by atoms with Gasteiger partial charge in [0.1, 0.15) is 0 Å². The van der Waals surface area contributed by atoms with E-state index in [0.717, 1.165) is 25.9 Å². The lowest BCUT2D eigenvalue weighted by molar-refractivity contribution is 0.600. The van der Waals surface area contributed by atoms with Crippen molar-refractivity contribution in [2.45, 2.75) is 17.7 Å². The number of thiazole rings is 1. The monoisotopic (exact) mass is 378 g/mol. The third-order valence-electron chi connectivity index (χ3n) is 3.35. The summed E-state index contributed by atoms with van der Waals surface area (Å²) in [4.78, 5) is 4.54. The second-order valence-electron chi connectivity index (χ2n) is 5.44. The van der Waals surface area contributed by atoms with Gasteiger partial charge in [-0.3, -0.25) is 4.72 Å². The molecular formula is C17H18N2O2S3. The zero-order chi connectivity index (χ0) is 17.0. The van der Waals surface area contributed by atoms with Crippen LogP contribution in [-0.2, 0) is 10.0 Å². The number of aryl methyl sites for hydroxylation is 1. The van der Waals surface area contributed by atoms with E-state index in [1.54, 1.807) is 29.2 Å². The number of sulfonamides is 1. The number of para-hydroxylation sites is 1. The summed E-state index contributed by atoms with van der Waals surface area (Å²) in [5.41, 5.74) is 2.65. The molecule has 0 aliphatic carbocycles. The van der Waals surface area contributed by atoms with Crippen molar-refractivity contribution in [3.05, 3.63) is 54.1 Å². The molecule has 4 nitrogen and oxygen atoms in total. The average Bonchev–Trinajstić information content (AvgIpc) is 2.94. The number of aromatic nitrogens is 1. The van der Waals surface area contributed by atoms with Gasteiger partial charge in [-0.1, -0.05) is 36.0 Å². The number of hydrogen-bond donors (Lipinski definition) is 1. The number of rotatable bonds is 7. The predicted molar refractivity (Wildman–Crippen MR) is 104 cm³/mol. The Hall–Kier alpha value is -1.57. The van der Waals surface area contributed by atoms with Crippen LogP contribution in [0.25, 0.3) is 10.2 Å². The number of anilines is 1. The highest BCUT2D eigenvalue weighted by molar-refractivity contribution is 8.01. The van der Waals surface area contributed by atoms with Crippen molar-refractivity contribution in [2.75, 3.05) is 16.2 Å². The highest BCUT2D eigenvalue weighted by Crippen LogP contribution is 2.29. The van der Waals surface area contributed by atoms with Gasteiger partial charge < -0.3 is 0 Å². The minimum Gasteiger partial charge on any atom is -0.284 e. The number of fused-ring (bicyclic) bond motifs is 1. The highest BCUT2D eigenvalue weighted by atomic mass is 32.2. The van der Waals surface area contributed by atoms with Gasteiger partial charge in [-0.25, -0.2) is 13.4 Å². The molecule has 0 spiro atoms. The standard InChI is InChI=1S/C17H18N2O2S3/c1-13-6-4-7-14(12-13)19-24(20,21)11-5-10-22-17-18-15-8-2-3-9-16(15)23-17/h2-4,6-9,12,19H,5,10-11H2,1H3. The van der Waals surface area contributed by atoms with Crippen LogP contribution in [0.2, 0.25) is 0 Å². The Labute approximate surface area is 150 Å². The molecule has 0 aliphatic rings. The zero-order valence-electron chi connectivity index (χ0n) is 13.2. The number of nitrogens with one attached hydrogen (secondary N) is 1. The summed E-state index contributed by atoms with van der Waals surface area (Å²) in [6.45, 7) is 1.94. The van der Waals surface area contributed by atoms with E-state index >= 15 is 0 Å². The molecule has 0 saturated heterocycles. The number of hydrogen-bond acceptors (Lipinski definition) is 5. The van der Waals surface area contributed by atoms with Crippen LogP contribution in [-0.4, -0.2) is 24.9 Å². The van der Waals surface area contributed by atoms with Gasteiger partial charge in [0, 0.05) is 11.4 Å². The average molecular weight is 379 g/mol. The van der Waals surface area contributed by atoms with Gasteiger partial charge >= 0.3 is 0 Å². The van der Waals surface area contributed by atoms with E-state index in [-0.39, 0.29) is 5.75 Å². The number of benzene rings is 2. The predicted octanol–water partition coefficient (Wildman–Crippen LogP) is 4.53. The molecule has 0 unspecified atom stereocenters. The molecule has 0 amide bonds. The summed E-state index contributed by atoms with van der Waals surface area (Å²) in [5, 5.41) is 0. The fourth-order valence-corrected chi connectivity index (χ4v) is 5.63. The first-order valence-corrected chi connectivity index (χ1v) is 11.0. The van der Waals surface area contributed by atoms with E-state index in [4.69, 9.17) is 0 Å². The van der Waals surface area contributed by atoms with Crippen molar-refractivity contribution in [3.63, 3.8) is 0 Å². The molecule has 0 fully saturated rings. The van der Waals surface area contributed by atoms with Gasteiger partial charge in [0.25, 0.3) is 0 Å². The minimum atomic E-state index is -3.31. The second-order valence-corrected chi connectivity index (χ2v) is 9.65. The lowest BCUT2D eigenvalue weighted by Crippen LogP contribution is -2.17. The largest absolute Gasteiger partial charge is 0.284 e. The molecule has 1 N–H and O–H groups in total. The highest BCUT2D eigenvalue weighted by Gasteiger charge is 2.11. The normalized spacial score (nSPS) is 11.7. The van der Waals surface area contributed by atoms with Crippen molar-refractivity contribution in [2.24, 2.45) is 0 Å². The summed E-state index contributed by atoms with van der Waals surface area (Å²) in [6, 6.07) is 15.4. The number of thioether (sulfide) groups is 1. The molecule has 24 heavy (non-hydrogen) atoms. The van der Waals surface area contributed by atoms with Crippen molar-refractivity contribution < 1.29 is 8.42 Å².